The Balaban J connectivity index is 2.65. The summed E-state index contributed by atoms with van der Waals surface area (Å²) < 4.78 is 10.4. The fourth-order valence-electron chi connectivity index (χ4n) is 5.09. The lowest BCUT2D eigenvalue weighted by atomic mass is 9.75. The highest BCUT2D eigenvalue weighted by atomic mass is 16.5. The van der Waals surface area contributed by atoms with Gasteiger partial charge < -0.3 is 19.7 Å². The second kappa shape index (κ2) is 17.1. The number of phenols is 2. The van der Waals surface area contributed by atoms with E-state index in [0.717, 1.165) is 62.5 Å². The summed E-state index contributed by atoms with van der Waals surface area (Å²) in [6.45, 7) is 17.2. The minimum Gasteiger partial charge on any atom is -0.508 e. The Morgan fingerprint density at radius 2 is 1.07 bits per heavy atom. The summed E-state index contributed by atoms with van der Waals surface area (Å²) in [5.41, 5.74) is 0.930. The van der Waals surface area contributed by atoms with E-state index in [2.05, 4.69) is 41.5 Å². The smallest absolute Gasteiger partial charge is 0.330 e. The summed E-state index contributed by atoms with van der Waals surface area (Å²) in [5.74, 6) is 0.711. The maximum Gasteiger partial charge on any atom is 0.330 e. The van der Waals surface area contributed by atoms with Crippen LogP contribution in [0.2, 0.25) is 0 Å². The number of carbonyl (C=O) groups is 2. The Morgan fingerprint density at radius 1 is 0.725 bits per heavy atom. The lowest BCUT2D eigenvalue weighted by molar-refractivity contribution is -0.139. The van der Waals surface area contributed by atoms with Crippen molar-refractivity contribution in [2.45, 2.75) is 118 Å². The van der Waals surface area contributed by atoms with Gasteiger partial charge in [-0.05, 0) is 74.3 Å². The second-order valence-electron chi connectivity index (χ2n) is 12.6. The first-order valence-corrected chi connectivity index (χ1v) is 14.9. The van der Waals surface area contributed by atoms with E-state index in [-0.39, 0.29) is 34.3 Å². The fourth-order valence-corrected chi connectivity index (χ4v) is 5.09. The fraction of sp³-hybridized carbons (Fsp3) is 0.647. The lowest BCUT2D eigenvalue weighted by Crippen LogP contribution is -2.21. The maximum absolute atomic E-state index is 11.5. The molecule has 0 heterocycles. The summed E-state index contributed by atoms with van der Waals surface area (Å²) in [7, 11) is 0. The van der Waals surface area contributed by atoms with Crippen LogP contribution in [0.4, 0.5) is 0 Å². The molecule has 0 amide bonds. The number of phenolic OH excluding ortho intramolecular Hbond substituents is 2. The molecule has 2 atom stereocenters. The normalized spacial score (nSPS) is 14.0. The number of ether oxygens (including phenoxy) is 2. The number of rotatable bonds is 18. The number of esters is 2. The molecular weight excluding hydrogens is 504 g/mol. The van der Waals surface area contributed by atoms with Gasteiger partial charge in [0.1, 0.15) is 11.5 Å². The van der Waals surface area contributed by atoms with E-state index in [4.69, 9.17) is 9.47 Å². The molecule has 2 unspecified atom stereocenters. The number of benzene rings is 1. The topological polar surface area (TPSA) is 93.1 Å². The molecule has 0 aromatic heterocycles. The van der Waals surface area contributed by atoms with Gasteiger partial charge in [-0.1, -0.05) is 79.4 Å². The van der Waals surface area contributed by atoms with E-state index in [1.54, 1.807) is 38.1 Å². The van der Waals surface area contributed by atoms with E-state index in [1.165, 1.54) is 12.2 Å². The largest absolute Gasteiger partial charge is 0.508 e. The van der Waals surface area contributed by atoms with Crippen molar-refractivity contribution in [1.82, 2.24) is 0 Å². The molecule has 0 saturated heterocycles. The molecule has 0 spiro atoms. The summed E-state index contributed by atoms with van der Waals surface area (Å²) in [4.78, 5) is 22.9. The van der Waals surface area contributed by atoms with E-state index >= 15 is 0 Å². The van der Waals surface area contributed by atoms with Gasteiger partial charge in [0, 0.05) is 23.3 Å². The van der Waals surface area contributed by atoms with Crippen LogP contribution >= 0.6 is 0 Å². The van der Waals surface area contributed by atoms with Crippen molar-refractivity contribution in [3.63, 3.8) is 0 Å². The van der Waals surface area contributed by atoms with Crippen molar-refractivity contribution < 1.29 is 29.3 Å². The highest BCUT2D eigenvalue weighted by Crippen LogP contribution is 2.43. The van der Waals surface area contributed by atoms with Crippen LogP contribution in [0, 0.1) is 11.8 Å². The molecule has 6 heteroatoms. The molecule has 2 N–H and O–H groups in total. The molecular formula is C34H54O6. The van der Waals surface area contributed by atoms with Crippen LogP contribution in [0.1, 0.15) is 118 Å². The van der Waals surface area contributed by atoms with Crippen molar-refractivity contribution in [2.24, 2.45) is 11.8 Å². The third-order valence-electron chi connectivity index (χ3n) is 7.89. The van der Waals surface area contributed by atoms with Crippen LogP contribution in [0.15, 0.2) is 36.4 Å². The Kier molecular flexibility index (Phi) is 15.1. The first-order valence-electron chi connectivity index (χ1n) is 14.9. The van der Waals surface area contributed by atoms with Crippen LogP contribution in [0.25, 0.3) is 0 Å². The van der Waals surface area contributed by atoms with Crippen LogP contribution < -0.4 is 0 Å². The van der Waals surface area contributed by atoms with Gasteiger partial charge in [-0.2, -0.15) is 0 Å². The van der Waals surface area contributed by atoms with Gasteiger partial charge in [-0.15, -0.1) is 0 Å². The average Bonchev–Trinajstić information content (AvgIpc) is 2.85. The van der Waals surface area contributed by atoms with E-state index < -0.39 is 0 Å². The molecule has 6 nitrogen and oxygen atoms in total. The quantitative estimate of drug-likeness (QED) is 0.107. The summed E-state index contributed by atoms with van der Waals surface area (Å²) in [6, 6.07) is 3.50. The molecule has 0 aliphatic carbocycles. The first kappa shape index (κ1) is 35.3. The Labute approximate surface area is 242 Å². The molecule has 1 rings (SSSR count). The molecule has 0 bridgehead atoms. The predicted octanol–water partition coefficient (Wildman–Crippen LogP) is 8.28. The van der Waals surface area contributed by atoms with E-state index in [1.807, 2.05) is 0 Å². The molecule has 40 heavy (non-hydrogen) atoms. The number of allylic oxidation sites excluding steroid dienone is 2. The van der Waals surface area contributed by atoms with Gasteiger partial charge in [-0.25, -0.2) is 9.59 Å². The number of hydrogen-bond donors (Lipinski definition) is 2. The van der Waals surface area contributed by atoms with Gasteiger partial charge >= 0.3 is 11.9 Å². The molecule has 0 aliphatic heterocycles. The number of aromatic hydroxyl groups is 2. The van der Waals surface area contributed by atoms with Crippen molar-refractivity contribution in [2.75, 3.05) is 13.2 Å². The van der Waals surface area contributed by atoms with Crippen LogP contribution in [-0.4, -0.2) is 35.4 Å². The minimum absolute atomic E-state index is 0.228. The van der Waals surface area contributed by atoms with Gasteiger partial charge in [-0.3, -0.25) is 0 Å². The van der Waals surface area contributed by atoms with Gasteiger partial charge in [0.2, 0.25) is 0 Å². The van der Waals surface area contributed by atoms with Crippen molar-refractivity contribution in [1.29, 1.82) is 0 Å². The molecule has 0 radical (unpaired) electrons. The number of carbonyl (C=O) groups excluding carboxylic acids is 2. The maximum atomic E-state index is 11.5. The zero-order valence-corrected chi connectivity index (χ0v) is 26.2. The van der Waals surface area contributed by atoms with Crippen molar-refractivity contribution >= 4 is 11.9 Å². The van der Waals surface area contributed by atoms with E-state index in [0.29, 0.717) is 25.0 Å². The third kappa shape index (κ3) is 12.6. The van der Waals surface area contributed by atoms with E-state index in [9.17, 15) is 19.8 Å². The SMILES string of the molecule is CC=CC(=O)OCCC(C)CCCC(C)(C)c1cc(O)c(C(C)(C)CCCC(C)CCOC(=O)C=CC)cc1O. The van der Waals surface area contributed by atoms with Gasteiger partial charge in [0.05, 0.1) is 13.2 Å². The summed E-state index contributed by atoms with van der Waals surface area (Å²) in [5, 5.41) is 22.0. The lowest BCUT2D eigenvalue weighted by Gasteiger charge is -2.31. The molecule has 0 saturated carbocycles. The molecule has 0 fully saturated rings. The standard InChI is InChI=1S/C34H54O6/c1-9-13-31(37)39-21-17-25(3)15-11-19-33(5,6)27-23-30(36)28(24-29(27)35)34(7,8)20-12-16-26(4)18-22-40-32(38)14-10-2/h9-10,13-14,23-26,35-36H,11-12,15-22H2,1-8H3. The zero-order chi connectivity index (χ0) is 30.3. The third-order valence-corrected chi connectivity index (χ3v) is 7.89. The molecule has 1 aromatic carbocycles. The number of hydrogen-bond acceptors (Lipinski definition) is 6. The van der Waals surface area contributed by atoms with Crippen molar-refractivity contribution in [3.05, 3.63) is 47.6 Å². The minimum atomic E-state index is -0.299. The highest BCUT2D eigenvalue weighted by molar-refractivity contribution is 5.82. The van der Waals surface area contributed by atoms with Crippen LogP contribution in [-0.2, 0) is 29.9 Å². The Bertz CT molecular complexity index is 909. The zero-order valence-electron chi connectivity index (χ0n) is 26.2. The molecule has 0 aliphatic rings. The predicted molar refractivity (Wildman–Crippen MR) is 163 cm³/mol. The van der Waals surface area contributed by atoms with Crippen LogP contribution in [0.5, 0.6) is 11.5 Å². The van der Waals surface area contributed by atoms with Gasteiger partial charge in [0.25, 0.3) is 0 Å². The molecule has 1 aromatic rings. The molecule has 226 valence electrons. The second-order valence-corrected chi connectivity index (χ2v) is 12.6. The first-order chi connectivity index (χ1) is 18.7. The Morgan fingerprint density at radius 3 is 1.40 bits per heavy atom. The monoisotopic (exact) mass is 558 g/mol. The highest BCUT2D eigenvalue weighted by Gasteiger charge is 2.30. The summed E-state index contributed by atoms with van der Waals surface area (Å²) in [6.07, 6.45) is 13.5. The van der Waals surface area contributed by atoms with Crippen LogP contribution in [0.3, 0.4) is 0 Å². The Hall–Kier alpha value is -2.76. The summed E-state index contributed by atoms with van der Waals surface area (Å²) >= 11 is 0. The van der Waals surface area contributed by atoms with Crippen molar-refractivity contribution in [3.8, 4) is 11.5 Å². The van der Waals surface area contributed by atoms with Gasteiger partial charge in [0.15, 0.2) is 0 Å². The average molecular weight is 559 g/mol.